The van der Waals surface area contributed by atoms with Gasteiger partial charge in [0.15, 0.2) is 5.82 Å². The number of anilines is 2. The Labute approximate surface area is 156 Å². The Balaban J connectivity index is 1.96. The Morgan fingerprint density at radius 3 is 2.74 bits per heavy atom. The Hall–Kier alpha value is -3.29. The first-order chi connectivity index (χ1) is 12.9. The highest BCUT2D eigenvalue weighted by molar-refractivity contribution is 5.90. The summed E-state index contributed by atoms with van der Waals surface area (Å²) in [5.74, 6) is 0.00205. The number of carbonyl (C=O) groups is 1. The molecule has 0 spiro atoms. The minimum Gasteiger partial charge on any atom is -0.465 e. The third-order valence-electron chi connectivity index (χ3n) is 4.02. The van der Waals surface area contributed by atoms with Crippen molar-refractivity contribution in [3.05, 3.63) is 53.9 Å². The van der Waals surface area contributed by atoms with Gasteiger partial charge in [-0.1, -0.05) is 6.07 Å². The predicted octanol–water partition coefficient (Wildman–Crippen LogP) is 3.90. The average Bonchev–Trinajstić information content (AvgIpc) is 3.04. The molecule has 27 heavy (non-hydrogen) atoms. The molecule has 8 heteroatoms. The van der Waals surface area contributed by atoms with E-state index in [1.807, 2.05) is 25.3 Å². The van der Waals surface area contributed by atoms with Crippen molar-refractivity contribution in [1.29, 1.82) is 0 Å². The fraction of sp³-hybridized carbons (Fsp3) is 0.263. The van der Waals surface area contributed by atoms with E-state index in [-0.39, 0.29) is 17.7 Å². The minimum absolute atomic E-state index is 0.102. The molecule has 140 valence electrons. The summed E-state index contributed by atoms with van der Waals surface area (Å²) < 4.78 is 21.0. The number of nitrogens with zero attached hydrogens (tertiary/aromatic N) is 4. The number of halogens is 1. The maximum absolute atomic E-state index is 14.4. The highest BCUT2D eigenvalue weighted by atomic mass is 19.1. The average molecular weight is 369 g/mol. The molecule has 3 aromatic rings. The van der Waals surface area contributed by atoms with E-state index in [2.05, 4.69) is 20.3 Å². The molecule has 1 aromatic carbocycles. The molecule has 0 amide bonds. The Morgan fingerprint density at radius 1 is 1.26 bits per heavy atom. The van der Waals surface area contributed by atoms with Crippen LogP contribution in [0.25, 0.3) is 11.4 Å². The lowest BCUT2D eigenvalue weighted by Gasteiger charge is -2.14. The summed E-state index contributed by atoms with van der Waals surface area (Å²) in [6.07, 6.45) is 2.71. The van der Waals surface area contributed by atoms with Crippen LogP contribution in [0, 0.1) is 12.7 Å². The van der Waals surface area contributed by atoms with Gasteiger partial charge in [0.25, 0.3) is 0 Å². The molecular formula is C19H20FN5O2. The maximum Gasteiger partial charge on any atom is 0.337 e. The molecule has 0 radical (unpaired) electrons. The quantitative estimate of drug-likeness (QED) is 0.687. The lowest BCUT2D eigenvalue weighted by molar-refractivity contribution is 0.0601. The number of hydrogen-bond acceptors (Lipinski definition) is 6. The van der Waals surface area contributed by atoms with E-state index in [1.165, 1.54) is 7.11 Å². The summed E-state index contributed by atoms with van der Waals surface area (Å²) in [4.78, 5) is 24.2. The van der Waals surface area contributed by atoms with Gasteiger partial charge in [-0.25, -0.2) is 24.1 Å². The summed E-state index contributed by atoms with van der Waals surface area (Å²) in [5.41, 5.74) is 1.71. The highest BCUT2D eigenvalue weighted by Gasteiger charge is 2.18. The van der Waals surface area contributed by atoms with Gasteiger partial charge in [0, 0.05) is 11.7 Å². The number of benzene rings is 1. The maximum atomic E-state index is 14.4. The summed E-state index contributed by atoms with van der Waals surface area (Å²) in [7, 11) is 1.32. The van der Waals surface area contributed by atoms with Crippen LogP contribution in [0.15, 0.2) is 36.7 Å². The van der Waals surface area contributed by atoms with Crippen molar-refractivity contribution in [2.24, 2.45) is 0 Å². The van der Waals surface area contributed by atoms with Gasteiger partial charge < -0.3 is 14.6 Å². The van der Waals surface area contributed by atoms with Gasteiger partial charge in [-0.05, 0) is 39.0 Å². The van der Waals surface area contributed by atoms with E-state index in [4.69, 9.17) is 4.74 Å². The van der Waals surface area contributed by atoms with Crippen molar-refractivity contribution in [1.82, 2.24) is 19.5 Å². The molecule has 7 nitrogen and oxygen atoms in total. The summed E-state index contributed by atoms with van der Waals surface area (Å²) >= 11 is 0. The van der Waals surface area contributed by atoms with Crippen molar-refractivity contribution in [3.63, 3.8) is 0 Å². The fourth-order valence-corrected chi connectivity index (χ4v) is 2.86. The number of methoxy groups -OCH3 is 1. The molecule has 3 rings (SSSR count). The number of imidazole rings is 1. The van der Waals surface area contributed by atoms with Crippen LogP contribution in [0.2, 0.25) is 0 Å². The van der Waals surface area contributed by atoms with Crippen LogP contribution in [-0.2, 0) is 4.74 Å². The molecule has 0 fully saturated rings. The first-order valence-electron chi connectivity index (χ1n) is 8.43. The number of aryl methyl sites for hydroxylation is 1. The van der Waals surface area contributed by atoms with Gasteiger partial charge in [0.05, 0.1) is 30.8 Å². The van der Waals surface area contributed by atoms with Crippen LogP contribution >= 0.6 is 0 Å². The lowest BCUT2D eigenvalue weighted by atomic mass is 10.2. The smallest absolute Gasteiger partial charge is 0.337 e. The third kappa shape index (κ3) is 3.79. The van der Waals surface area contributed by atoms with Gasteiger partial charge >= 0.3 is 5.97 Å². The molecular weight excluding hydrogens is 349 g/mol. The fourth-order valence-electron chi connectivity index (χ4n) is 2.86. The molecule has 0 aliphatic heterocycles. The molecule has 1 N–H and O–H groups in total. The van der Waals surface area contributed by atoms with E-state index in [9.17, 15) is 9.18 Å². The van der Waals surface area contributed by atoms with E-state index in [0.29, 0.717) is 16.9 Å². The van der Waals surface area contributed by atoms with Gasteiger partial charge in [-0.3, -0.25) is 0 Å². The van der Waals surface area contributed by atoms with Crippen molar-refractivity contribution in [3.8, 4) is 11.4 Å². The Bertz CT molecular complexity index is 984. The monoisotopic (exact) mass is 369 g/mol. The van der Waals surface area contributed by atoms with E-state index in [0.717, 1.165) is 12.0 Å². The molecule has 0 aliphatic rings. The number of nitrogens with one attached hydrogen (secondary N) is 1. The number of ether oxygens (including phenoxy) is 1. The van der Waals surface area contributed by atoms with Crippen LogP contribution in [-0.4, -0.2) is 32.6 Å². The molecule has 0 saturated heterocycles. The number of aromatic nitrogens is 4. The third-order valence-corrected chi connectivity index (χ3v) is 4.02. The standard InChI is InChI=1S/C19H20FN5O2/c1-11(2)25-12(3)21-10-16(25)17-15(20)9-22-19(24-17)23-14-7-5-6-13(8-14)18(26)27-4/h5-11H,1-4H3,(H,22,23,24). The highest BCUT2D eigenvalue weighted by Crippen LogP contribution is 2.26. The van der Waals surface area contributed by atoms with Gasteiger partial charge in [-0.15, -0.1) is 0 Å². The second kappa shape index (κ2) is 7.53. The van der Waals surface area contributed by atoms with Gasteiger partial charge in [0.2, 0.25) is 5.95 Å². The minimum atomic E-state index is -0.536. The Kier molecular flexibility index (Phi) is 5.16. The van der Waals surface area contributed by atoms with E-state index < -0.39 is 11.8 Å². The SMILES string of the molecule is COC(=O)c1cccc(Nc2ncc(F)c(-c3cnc(C)n3C(C)C)n2)c1. The second-order valence-corrected chi connectivity index (χ2v) is 6.24. The molecule has 0 atom stereocenters. The molecule has 0 bridgehead atoms. The molecule has 0 unspecified atom stereocenters. The summed E-state index contributed by atoms with van der Waals surface area (Å²) in [6, 6.07) is 6.81. The normalized spacial score (nSPS) is 10.9. The Morgan fingerprint density at radius 2 is 2.04 bits per heavy atom. The van der Waals surface area contributed by atoms with Gasteiger partial charge in [0.1, 0.15) is 11.5 Å². The largest absolute Gasteiger partial charge is 0.465 e. The van der Waals surface area contributed by atoms with Crippen molar-refractivity contribution in [2.75, 3.05) is 12.4 Å². The van der Waals surface area contributed by atoms with Crippen molar-refractivity contribution >= 4 is 17.6 Å². The number of rotatable bonds is 5. The van der Waals surface area contributed by atoms with E-state index >= 15 is 0 Å². The zero-order chi connectivity index (χ0) is 19.6. The second-order valence-electron chi connectivity index (χ2n) is 6.24. The topological polar surface area (TPSA) is 81.9 Å². The first kappa shape index (κ1) is 18.5. The van der Waals surface area contributed by atoms with E-state index in [1.54, 1.807) is 30.5 Å². The van der Waals surface area contributed by atoms with Crippen LogP contribution in [0.3, 0.4) is 0 Å². The number of carbonyl (C=O) groups excluding carboxylic acids is 1. The number of esters is 1. The predicted molar refractivity (Wildman–Crippen MR) is 99.4 cm³/mol. The van der Waals surface area contributed by atoms with Gasteiger partial charge in [-0.2, -0.15) is 0 Å². The zero-order valence-electron chi connectivity index (χ0n) is 15.5. The summed E-state index contributed by atoms with van der Waals surface area (Å²) in [5, 5.41) is 2.99. The van der Waals surface area contributed by atoms with Crippen LogP contribution in [0.5, 0.6) is 0 Å². The van der Waals surface area contributed by atoms with Crippen molar-refractivity contribution in [2.45, 2.75) is 26.8 Å². The van der Waals surface area contributed by atoms with Crippen molar-refractivity contribution < 1.29 is 13.9 Å². The molecule has 0 saturated carbocycles. The number of hydrogen-bond donors (Lipinski definition) is 1. The molecule has 2 aromatic heterocycles. The lowest BCUT2D eigenvalue weighted by Crippen LogP contribution is -2.08. The van der Waals surface area contributed by atoms with Crippen LogP contribution in [0.1, 0.15) is 36.1 Å². The molecule has 0 aliphatic carbocycles. The van der Waals surface area contributed by atoms with Crippen LogP contribution in [0.4, 0.5) is 16.0 Å². The zero-order valence-corrected chi connectivity index (χ0v) is 15.5. The first-order valence-corrected chi connectivity index (χ1v) is 8.43. The molecule has 2 heterocycles. The van der Waals surface area contributed by atoms with Crippen LogP contribution < -0.4 is 5.32 Å². The summed E-state index contributed by atoms with van der Waals surface area (Å²) in [6.45, 7) is 5.85.